The molecule has 2 N–H and O–H groups in total. The van der Waals surface area contributed by atoms with Gasteiger partial charge in [-0.3, -0.25) is 0 Å². The van der Waals surface area contributed by atoms with E-state index in [0.29, 0.717) is 24.8 Å². The Bertz CT molecular complexity index is 316. The molecule has 0 radical (unpaired) electrons. The Hall–Kier alpha value is -0.910. The lowest BCUT2D eigenvalue weighted by Crippen LogP contribution is -2.56. The predicted octanol–water partition coefficient (Wildman–Crippen LogP) is 1.78. The molecule has 0 saturated carbocycles. The number of carbonyl (C=O) groups excluding carboxylic acids is 1. The fourth-order valence-corrected chi connectivity index (χ4v) is 2.58. The van der Waals surface area contributed by atoms with E-state index in [9.17, 15) is 9.59 Å². The van der Waals surface area contributed by atoms with Crippen molar-refractivity contribution < 1.29 is 14.7 Å². The summed E-state index contributed by atoms with van der Waals surface area (Å²) >= 11 is 1.83. The number of piperidine rings is 1. The molecule has 0 aromatic rings. The summed E-state index contributed by atoms with van der Waals surface area (Å²) < 4.78 is 0. The number of carboxylic acids is 1. The number of amides is 2. The minimum atomic E-state index is -1.17. The van der Waals surface area contributed by atoms with Crippen LogP contribution in [0.4, 0.5) is 4.79 Å². The van der Waals surface area contributed by atoms with Gasteiger partial charge in [0, 0.05) is 18.3 Å². The molecule has 5 nitrogen and oxygen atoms in total. The highest BCUT2D eigenvalue weighted by atomic mass is 32.2. The second kappa shape index (κ2) is 6.31. The van der Waals surface area contributed by atoms with E-state index in [2.05, 4.69) is 11.6 Å². The van der Waals surface area contributed by atoms with Crippen molar-refractivity contribution in [2.24, 2.45) is 0 Å². The molecule has 1 rings (SSSR count). The Balaban J connectivity index is 2.53. The van der Waals surface area contributed by atoms with E-state index in [1.807, 2.05) is 11.8 Å². The van der Waals surface area contributed by atoms with Crippen LogP contribution in [0, 0.1) is 0 Å². The van der Waals surface area contributed by atoms with Crippen molar-refractivity contribution in [3.63, 3.8) is 0 Å². The highest BCUT2D eigenvalue weighted by Crippen LogP contribution is 2.21. The molecule has 0 spiro atoms. The molecule has 6 heteroatoms. The fourth-order valence-electron chi connectivity index (χ4n) is 1.90. The molecule has 0 aromatic heterocycles. The maximum absolute atomic E-state index is 12.0. The number of thioether (sulfide) groups is 1. The van der Waals surface area contributed by atoms with Gasteiger partial charge in [-0.1, -0.05) is 6.92 Å². The van der Waals surface area contributed by atoms with E-state index in [-0.39, 0.29) is 6.03 Å². The van der Waals surface area contributed by atoms with Gasteiger partial charge >= 0.3 is 12.0 Å². The number of nitrogens with zero attached hydrogens (tertiary/aromatic N) is 1. The Labute approximate surface area is 112 Å². The molecule has 1 fully saturated rings. The average molecular weight is 274 g/mol. The predicted molar refractivity (Wildman–Crippen MR) is 73.0 cm³/mol. The van der Waals surface area contributed by atoms with Crippen LogP contribution in [0.1, 0.15) is 33.1 Å². The Morgan fingerprint density at radius 2 is 2.00 bits per heavy atom. The van der Waals surface area contributed by atoms with E-state index in [1.165, 1.54) is 0 Å². The number of carboxylic acid groups (broad SMARTS) is 1. The molecule has 1 aliphatic rings. The summed E-state index contributed by atoms with van der Waals surface area (Å²) in [5.74, 6) is -0.989. The van der Waals surface area contributed by atoms with Crippen LogP contribution in [0.2, 0.25) is 0 Å². The lowest BCUT2D eigenvalue weighted by Gasteiger charge is -2.34. The average Bonchev–Trinajstić information content (AvgIpc) is 2.38. The molecule has 1 atom stereocenters. The summed E-state index contributed by atoms with van der Waals surface area (Å²) in [6, 6.07) is -0.263. The zero-order valence-corrected chi connectivity index (χ0v) is 12.0. The number of nitrogens with one attached hydrogen (secondary N) is 1. The van der Waals surface area contributed by atoms with Gasteiger partial charge in [0.2, 0.25) is 0 Å². The molecular weight excluding hydrogens is 252 g/mol. The van der Waals surface area contributed by atoms with Gasteiger partial charge in [0.25, 0.3) is 0 Å². The monoisotopic (exact) mass is 274 g/mol. The van der Waals surface area contributed by atoms with Gasteiger partial charge in [0.15, 0.2) is 0 Å². The second-order valence-electron chi connectivity index (χ2n) is 4.84. The van der Waals surface area contributed by atoms with E-state index >= 15 is 0 Å². The zero-order valence-electron chi connectivity index (χ0n) is 11.2. The maximum atomic E-state index is 12.0. The molecular formula is C12H22N2O3S. The number of hydrogen-bond acceptors (Lipinski definition) is 3. The lowest BCUT2D eigenvalue weighted by atomic mass is 9.99. The summed E-state index contributed by atoms with van der Waals surface area (Å²) in [7, 11) is 0. The third-order valence-electron chi connectivity index (χ3n) is 3.62. The van der Waals surface area contributed by atoms with Crippen molar-refractivity contribution in [1.29, 1.82) is 0 Å². The normalized spacial score (nSPS) is 20.3. The first kappa shape index (κ1) is 15.1. The summed E-state index contributed by atoms with van der Waals surface area (Å²) in [4.78, 5) is 24.9. The van der Waals surface area contributed by atoms with Crippen LogP contribution in [-0.2, 0) is 4.79 Å². The maximum Gasteiger partial charge on any atom is 0.329 e. The van der Waals surface area contributed by atoms with Gasteiger partial charge < -0.3 is 15.3 Å². The fraction of sp³-hybridized carbons (Fsp3) is 0.833. The standard InChI is InChI=1S/C12H22N2O3S/c1-4-12(2,10(15)16)13-11(17)14-7-5-9(18-3)6-8-14/h9H,4-8H2,1-3H3,(H,13,17)(H,15,16). The zero-order chi connectivity index (χ0) is 13.8. The first-order valence-electron chi connectivity index (χ1n) is 6.26. The van der Waals surface area contributed by atoms with E-state index in [1.54, 1.807) is 18.7 Å². The van der Waals surface area contributed by atoms with E-state index < -0.39 is 11.5 Å². The molecule has 1 saturated heterocycles. The third kappa shape index (κ3) is 3.54. The van der Waals surface area contributed by atoms with Crippen molar-refractivity contribution in [2.45, 2.75) is 43.9 Å². The van der Waals surface area contributed by atoms with Crippen LogP contribution in [0.15, 0.2) is 0 Å². The molecule has 0 aromatic carbocycles. The van der Waals surface area contributed by atoms with Crippen molar-refractivity contribution in [3.8, 4) is 0 Å². The molecule has 18 heavy (non-hydrogen) atoms. The first-order valence-corrected chi connectivity index (χ1v) is 7.55. The van der Waals surface area contributed by atoms with Crippen LogP contribution in [0.25, 0.3) is 0 Å². The molecule has 1 aliphatic heterocycles. The number of aliphatic carboxylic acids is 1. The number of likely N-dealkylation sites (tertiary alicyclic amines) is 1. The highest BCUT2D eigenvalue weighted by Gasteiger charge is 2.34. The summed E-state index contributed by atoms with van der Waals surface area (Å²) in [6.07, 6.45) is 4.41. The van der Waals surface area contributed by atoms with Crippen molar-refractivity contribution in [3.05, 3.63) is 0 Å². The Morgan fingerprint density at radius 1 is 1.44 bits per heavy atom. The summed E-state index contributed by atoms with van der Waals surface area (Å²) in [6.45, 7) is 4.71. The summed E-state index contributed by atoms with van der Waals surface area (Å²) in [5.41, 5.74) is -1.17. The highest BCUT2D eigenvalue weighted by molar-refractivity contribution is 7.99. The van der Waals surface area contributed by atoms with E-state index in [0.717, 1.165) is 12.8 Å². The molecule has 0 aliphatic carbocycles. The van der Waals surface area contributed by atoms with Crippen LogP contribution < -0.4 is 5.32 Å². The number of rotatable bonds is 4. The van der Waals surface area contributed by atoms with Crippen molar-refractivity contribution >= 4 is 23.8 Å². The Kier molecular flexibility index (Phi) is 5.31. The summed E-state index contributed by atoms with van der Waals surface area (Å²) in [5, 5.41) is 12.4. The second-order valence-corrected chi connectivity index (χ2v) is 5.98. The van der Waals surface area contributed by atoms with E-state index in [4.69, 9.17) is 5.11 Å². The van der Waals surface area contributed by atoms with Gasteiger partial charge in [0.05, 0.1) is 0 Å². The van der Waals surface area contributed by atoms with Crippen LogP contribution in [0.5, 0.6) is 0 Å². The van der Waals surface area contributed by atoms with Gasteiger partial charge in [-0.05, 0) is 32.4 Å². The van der Waals surface area contributed by atoms with Crippen LogP contribution in [0.3, 0.4) is 0 Å². The van der Waals surface area contributed by atoms with Gasteiger partial charge in [-0.15, -0.1) is 0 Å². The smallest absolute Gasteiger partial charge is 0.329 e. The first-order chi connectivity index (χ1) is 8.42. The quantitative estimate of drug-likeness (QED) is 0.820. The van der Waals surface area contributed by atoms with Crippen LogP contribution >= 0.6 is 11.8 Å². The number of hydrogen-bond donors (Lipinski definition) is 2. The van der Waals surface area contributed by atoms with Gasteiger partial charge in [-0.25, -0.2) is 9.59 Å². The molecule has 104 valence electrons. The SMILES string of the molecule is CCC(C)(NC(=O)N1CCC(SC)CC1)C(=O)O. The number of carbonyl (C=O) groups is 2. The van der Waals surface area contributed by atoms with Gasteiger partial charge in [0.1, 0.15) is 5.54 Å². The Morgan fingerprint density at radius 3 is 2.39 bits per heavy atom. The van der Waals surface area contributed by atoms with Crippen molar-refractivity contribution in [2.75, 3.05) is 19.3 Å². The molecule has 0 bridgehead atoms. The molecule has 1 unspecified atom stereocenters. The van der Waals surface area contributed by atoms with Crippen LogP contribution in [-0.4, -0.2) is 52.1 Å². The molecule has 2 amide bonds. The molecule has 1 heterocycles. The van der Waals surface area contributed by atoms with Gasteiger partial charge in [-0.2, -0.15) is 11.8 Å². The third-order valence-corrected chi connectivity index (χ3v) is 4.76. The van der Waals surface area contributed by atoms with Crippen molar-refractivity contribution in [1.82, 2.24) is 10.2 Å². The number of urea groups is 1. The largest absolute Gasteiger partial charge is 0.480 e. The minimum Gasteiger partial charge on any atom is -0.480 e. The lowest BCUT2D eigenvalue weighted by molar-refractivity contribution is -0.143. The minimum absolute atomic E-state index is 0.263. The topological polar surface area (TPSA) is 69.6 Å².